The number of hydrogen-bond donors (Lipinski definition) is 2. The number of ether oxygens (including phenoxy) is 1. The number of aryl methyl sites for hydroxylation is 1. The van der Waals surface area contributed by atoms with Gasteiger partial charge in [-0.3, -0.25) is 5.84 Å². The van der Waals surface area contributed by atoms with Crippen molar-refractivity contribution in [3.8, 4) is 5.88 Å². The van der Waals surface area contributed by atoms with Crippen molar-refractivity contribution in [3.63, 3.8) is 0 Å². The molecule has 0 fully saturated rings. The van der Waals surface area contributed by atoms with Crippen molar-refractivity contribution >= 4 is 0 Å². The molecule has 1 aromatic carbocycles. The Hall–Kier alpha value is -1.91. The fourth-order valence-electron chi connectivity index (χ4n) is 1.92. The number of aromatic nitrogens is 1. The fraction of sp³-hybridized carbons (Fsp3) is 0.214. The number of hydrogen-bond acceptors (Lipinski definition) is 4. The maximum atomic E-state index is 5.67. The Bertz CT molecular complexity index is 511. The predicted molar refractivity (Wildman–Crippen MR) is 71.1 cm³/mol. The molecule has 18 heavy (non-hydrogen) atoms. The van der Waals surface area contributed by atoms with Crippen LogP contribution in [-0.4, -0.2) is 12.1 Å². The van der Waals surface area contributed by atoms with Crippen LogP contribution in [0.25, 0.3) is 0 Å². The van der Waals surface area contributed by atoms with Gasteiger partial charge in [0.25, 0.3) is 0 Å². The SMILES string of the molecule is COc1ncccc1C(NN)c1ccc(C)cc1. The van der Waals surface area contributed by atoms with Crippen LogP contribution in [0.3, 0.4) is 0 Å². The van der Waals surface area contributed by atoms with E-state index in [1.807, 2.05) is 24.3 Å². The van der Waals surface area contributed by atoms with Gasteiger partial charge in [-0.2, -0.15) is 0 Å². The number of benzene rings is 1. The molecule has 0 radical (unpaired) electrons. The van der Waals surface area contributed by atoms with Crippen molar-refractivity contribution in [2.75, 3.05) is 7.11 Å². The average molecular weight is 243 g/mol. The fourth-order valence-corrected chi connectivity index (χ4v) is 1.92. The van der Waals surface area contributed by atoms with Gasteiger partial charge in [-0.1, -0.05) is 35.9 Å². The summed E-state index contributed by atoms with van der Waals surface area (Å²) in [6.45, 7) is 2.05. The van der Waals surface area contributed by atoms with Crippen LogP contribution in [0.2, 0.25) is 0 Å². The monoisotopic (exact) mass is 243 g/mol. The summed E-state index contributed by atoms with van der Waals surface area (Å²) in [5.74, 6) is 6.25. The summed E-state index contributed by atoms with van der Waals surface area (Å²) in [5, 5.41) is 0. The van der Waals surface area contributed by atoms with Gasteiger partial charge in [-0.05, 0) is 18.6 Å². The number of methoxy groups -OCH3 is 1. The summed E-state index contributed by atoms with van der Waals surface area (Å²) in [6.07, 6.45) is 1.70. The quantitative estimate of drug-likeness (QED) is 0.636. The standard InChI is InChI=1S/C14H17N3O/c1-10-5-7-11(8-6-10)13(17-15)12-4-3-9-16-14(12)18-2/h3-9,13,17H,15H2,1-2H3. The number of nitrogens with one attached hydrogen (secondary N) is 1. The lowest BCUT2D eigenvalue weighted by atomic mass is 9.99. The number of pyridine rings is 1. The highest BCUT2D eigenvalue weighted by Crippen LogP contribution is 2.27. The molecule has 0 aliphatic heterocycles. The molecule has 0 amide bonds. The first-order valence-electron chi connectivity index (χ1n) is 5.78. The molecule has 0 spiro atoms. The molecular weight excluding hydrogens is 226 g/mol. The Morgan fingerprint density at radius 3 is 2.56 bits per heavy atom. The van der Waals surface area contributed by atoms with Gasteiger partial charge in [0, 0.05) is 11.8 Å². The molecule has 94 valence electrons. The molecule has 1 unspecified atom stereocenters. The molecule has 2 rings (SSSR count). The highest BCUT2D eigenvalue weighted by atomic mass is 16.5. The van der Waals surface area contributed by atoms with Gasteiger partial charge < -0.3 is 4.74 Å². The lowest BCUT2D eigenvalue weighted by molar-refractivity contribution is 0.387. The molecule has 1 atom stereocenters. The highest BCUT2D eigenvalue weighted by Gasteiger charge is 2.17. The third kappa shape index (κ3) is 2.50. The van der Waals surface area contributed by atoms with Gasteiger partial charge in [0.1, 0.15) is 0 Å². The maximum Gasteiger partial charge on any atom is 0.218 e. The molecule has 0 saturated heterocycles. The number of nitrogens with zero attached hydrogens (tertiary/aromatic N) is 1. The summed E-state index contributed by atoms with van der Waals surface area (Å²) >= 11 is 0. The van der Waals surface area contributed by atoms with Gasteiger partial charge in [0.05, 0.1) is 13.2 Å². The minimum atomic E-state index is -0.130. The van der Waals surface area contributed by atoms with Crippen molar-refractivity contribution in [1.29, 1.82) is 0 Å². The molecule has 0 aliphatic rings. The van der Waals surface area contributed by atoms with E-state index in [1.54, 1.807) is 13.3 Å². The smallest absolute Gasteiger partial charge is 0.218 e. The number of hydrazine groups is 1. The molecule has 0 bridgehead atoms. The Morgan fingerprint density at radius 1 is 1.22 bits per heavy atom. The van der Waals surface area contributed by atoms with Crippen LogP contribution < -0.4 is 16.0 Å². The normalized spacial score (nSPS) is 12.2. The van der Waals surface area contributed by atoms with Gasteiger partial charge in [-0.15, -0.1) is 0 Å². The lowest BCUT2D eigenvalue weighted by Gasteiger charge is -2.18. The molecule has 4 heteroatoms. The molecule has 2 aromatic rings. The van der Waals surface area contributed by atoms with Crippen molar-refractivity contribution < 1.29 is 4.74 Å². The first-order valence-corrected chi connectivity index (χ1v) is 5.78. The summed E-state index contributed by atoms with van der Waals surface area (Å²) in [4.78, 5) is 4.19. The third-order valence-corrected chi connectivity index (χ3v) is 2.88. The summed E-state index contributed by atoms with van der Waals surface area (Å²) in [7, 11) is 1.61. The van der Waals surface area contributed by atoms with Gasteiger partial charge in [-0.25, -0.2) is 10.4 Å². The van der Waals surface area contributed by atoms with Gasteiger partial charge >= 0.3 is 0 Å². The molecular formula is C14H17N3O. The second-order valence-corrected chi connectivity index (χ2v) is 4.11. The summed E-state index contributed by atoms with van der Waals surface area (Å²) < 4.78 is 5.27. The van der Waals surface area contributed by atoms with E-state index >= 15 is 0 Å². The zero-order valence-electron chi connectivity index (χ0n) is 10.6. The molecule has 0 aliphatic carbocycles. The first kappa shape index (κ1) is 12.5. The van der Waals surface area contributed by atoms with Gasteiger partial charge in [0.2, 0.25) is 5.88 Å². The van der Waals surface area contributed by atoms with Crippen LogP contribution in [0.15, 0.2) is 42.6 Å². The summed E-state index contributed by atoms with van der Waals surface area (Å²) in [6, 6.07) is 11.9. The van der Waals surface area contributed by atoms with E-state index in [1.165, 1.54) is 5.56 Å². The van der Waals surface area contributed by atoms with E-state index in [0.29, 0.717) is 5.88 Å². The van der Waals surface area contributed by atoms with Crippen LogP contribution in [0.4, 0.5) is 0 Å². The molecule has 3 N–H and O–H groups in total. The molecule has 1 heterocycles. The summed E-state index contributed by atoms with van der Waals surface area (Å²) in [5.41, 5.74) is 6.02. The van der Waals surface area contributed by atoms with E-state index in [4.69, 9.17) is 10.6 Å². The zero-order chi connectivity index (χ0) is 13.0. The van der Waals surface area contributed by atoms with Crippen LogP contribution in [-0.2, 0) is 0 Å². The second kappa shape index (κ2) is 5.62. The Morgan fingerprint density at radius 2 is 1.94 bits per heavy atom. The van der Waals surface area contributed by atoms with Crippen LogP contribution in [0.5, 0.6) is 5.88 Å². The minimum absolute atomic E-state index is 0.130. The van der Waals surface area contributed by atoms with E-state index in [2.05, 4.69) is 29.5 Å². The third-order valence-electron chi connectivity index (χ3n) is 2.88. The lowest BCUT2D eigenvalue weighted by Crippen LogP contribution is -2.29. The zero-order valence-corrected chi connectivity index (χ0v) is 10.6. The van der Waals surface area contributed by atoms with Crippen LogP contribution in [0, 0.1) is 6.92 Å². The van der Waals surface area contributed by atoms with Crippen LogP contribution >= 0.6 is 0 Å². The Kier molecular flexibility index (Phi) is 3.92. The second-order valence-electron chi connectivity index (χ2n) is 4.11. The first-order chi connectivity index (χ1) is 8.76. The number of rotatable bonds is 4. The average Bonchev–Trinajstić information content (AvgIpc) is 2.42. The number of nitrogens with two attached hydrogens (primary N) is 1. The largest absolute Gasteiger partial charge is 0.481 e. The Balaban J connectivity index is 2.41. The van der Waals surface area contributed by atoms with Gasteiger partial charge in [0.15, 0.2) is 0 Å². The van der Waals surface area contributed by atoms with E-state index in [-0.39, 0.29) is 6.04 Å². The minimum Gasteiger partial charge on any atom is -0.481 e. The molecule has 1 aromatic heterocycles. The molecule has 0 saturated carbocycles. The van der Waals surface area contributed by atoms with Crippen molar-refractivity contribution in [2.24, 2.45) is 5.84 Å². The van der Waals surface area contributed by atoms with E-state index in [9.17, 15) is 0 Å². The predicted octanol–water partition coefficient (Wildman–Crippen LogP) is 1.95. The topological polar surface area (TPSA) is 60.2 Å². The highest BCUT2D eigenvalue weighted by molar-refractivity contribution is 5.37. The van der Waals surface area contributed by atoms with Crippen molar-refractivity contribution in [3.05, 3.63) is 59.3 Å². The van der Waals surface area contributed by atoms with Crippen LogP contribution in [0.1, 0.15) is 22.7 Å². The maximum absolute atomic E-state index is 5.67. The molecule has 4 nitrogen and oxygen atoms in total. The Labute approximate surface area is 107 Å². The van der Waals surface area contributed by atoms with E-state index in [0.717, 1.165) is 11.1 Å². The van der Waals surface area contributed by atoms with Crippen molar-refractivity contribution in [1.82, 2.24) is 10.4 Å². The van der Waals surface area contributed by atoms with Crippen molar-refractivity contribution in [2.45, 2.75) is 13.0 Å². The van der Waals surface area contributed by atoms with E-state index < -0.39 is 0 Å².